The fraction of sp³-hybridized carbons (Fsp3) is 0.316. The molecule has 3 nitrogen and oxygen atoms in total. The minimum Gasteiger partial charge on any atom is -0.378 e. The maximum absolute atomic E-state index is 12.2. The molecule has 0 atom stereocenters. The van der Waals surface area contributed by atoms with Crippen LogP contribution in [-0.4, -0.2) is 25.8 Å². The molecule has 2 aromatic rings. The Labute approximate surface area is 143 Å². The number of thioether (sulfide) groups is 1. The quantitative estimate of drug-likeness (QED) is 0.825. The van der Waals surface area contributed by atoms with Gasteiger partial charge < -0.3 is 10.2 Å². The van der Waals surface area contributed by atoms with Crippen LogP contribution in [0.15, 0.2) is 41.3 Å². The minimum atomic E-state index is 0.0204. The van der Waals surface area contributed by atoms with Crippen molar-refractivity contribution in [2.75, 3.05) is 30.1 Å². The summed E-state index contributed by atoms with van der Waals surface area (Å²) < 4.78 is 0. The van der Waals surface area contributed by atoms with Crippen molar-refractivity contribution in [3.8, 4) is 0 Å². The number of rotatable bonds is 5. The van der Waals surface area contributed by atoms with Gasteiger partial charge in [-0.3, -0.25) is 4.79 Å². The number of amides is 1. The van der Waals surface area contributed by atoms with Crippen LogP contribution in [0, 0.1) is 20.8 Å². The standard InChI is InChI=1S/C19H24N2OS/c1-13-10-14(2)19(15(3)11-13)23-12-18(22)20-16-6-8-17(9-7-16)21(4)5/h6-11H,12H2,1-5H3,(H,20,22). The first-order chi connectivity index (χ1) is 10.9. The van der Waals surface area contributed by atoms with Crippen LogP contribution in [0.3, 0.4) is 0 Å². The van der Waals surface area contributed by atoms with Crippen molar-refractivity contribution in [1.29, 1.82) is 0 Å². The van der Waals surface area contributed by atoms with Gasteiger partial charge in [0.1, 0.15) is 0 Å². The van der Waals surface area contributed by atoms with Gasteiger partial charge in [-0.05, 0) is 56.2 Å². The first-order valence-electron chi connectivity index (χ1n) is 7.64. The minimum absolute atomic E-state index is 0.0204. The highest BCUT2D eigenvalue weighted by atomic mass is 32.2. The molecule has 0 aliphatic heterocycles. The van der Waals surface area contributed by atoms with Crippen LogP contribution in [0.4, 0.5) is 11.4 Å². The number of aryl methyl sites for hydroxylation is 3. The summed E-state index contributed by atoms with van der Waals surface area (Å²) in [6, 6.07) is 12.2. The number of hydrogen-bond donors (Lipinski definition) is 1. The highest BCUT2D eigenvalue weighted by Gasteiger charge is 2.08. The molecule has 23 heavy (non-hydrogen) atoms. The highest BCUT2D eigenvalue weighted by molar-refractivity contribution is 8.00. The third-order valence-corrected chi connectivity index (χ3v) is 4.96. The van der Waals surface area contributed by atoms with E-state index in [9.17, 15) is 4.79 Å². The molecule has 0 radical (unpaired) electrons. The third-order valence-electron chi connectivity index (χ3n) is 3.62. The van der Waals surface area contributed by atoms with Gasteiger partial charge >= 0.3 is 0 Å². The van der Waals surface area contributed by atoms with E-state index in [4.69, 9.17) is 0 Å². The number of carbonyl (C=O) groups excluding carboxylic acids is 1. The summed E-state index contributed by atoms with van der Waals surface area (Å²) in [6.45, 7) is 6.29. The first kappa shape index (κ1) is 17.4. The highest BCUT2D eigenvalue weighted by Crippen LogP contribution is 2.27. The molecule has 2 rings (SSSR count). The zero-order chi connectivity index (χ0) is 17.0. The molecule has 122 valence electrons. The molecule has 0 aromatic heterocycles. The third kappa shape index (κ3) is 4.76. The lowest BCUT2D eigenvalue weighted by Crippen LogP contribution is -2.14. The number of anilines is 2. The Morgan fingerprint density at radius 2 is 1.61 bits per heavy atom. The molecular formula is C19H24N2OS. The van der Waals surface area contributed by atoms with E-state index in [1.54, 1.807) is 11.8 Å². The lowest BCUT2D eigenvalue weighted by atomic mass is 10.1. The molecule has 0 unspecified atom stereocenters. The number of hydrogen-bond acceptors (Lipinski definition) is 3. The van der Waals surface area contributed by atoms with Crippen molar-refractivity contribution in [3.05, 3.63) is 53.1 Å². The second-order valence-electron chi connectivity index (χ2n) is 6.01. The summed E-state index contributed by atoms with van der Waals surface area (Å²) in [4.78, 5) is 15.4. The average molecular weight is 328 g/mol. The molecule has 2 aromatic carbocycles. The topological polar surface area (TPSA) is 32.3 Å². The summed E-state index contributed by atoms with van der Waals surface area (Å²) >= 11 is 1.60. The predicted octanol–water partition coefficient (Wildman–Crippen LogP) is 4.41. The molecule has 0 aliphatic carbocycles. The van der Waals surface area contributed by atoms with Crippen LogP contribution in [0.5, 0.6) is 0 Å². The van der Waals surface area contributed by atoms with Crippen molar-refractivity contribution >= 4 is 29.0 Å². The zero-order valence-corrected chi connectivity index (χ0v) is 15.3. The van der Waals surface area contributed by atoms with Crippen LogP contribution < -0.4 is 10.2 Å². The van der Waals surface area contributed by atoms with Gasteiger partial charge in [0.2, 0.25) is 5.91 Å². The lowest BCUT2D eigenvalue weighted by molar-refractivity contribution is -0.113. The van der Waals surface area contributed by atoms with E-state index in [1.165, 1.54) is 21.6 Å². The van der Waals surface area contributed by atoms with Gasteiger partial charge in [-0.15, -0.1) is 11.8 Å². The second-order valence-corrected chi connectivity index (χ2v) is 6.99. The van der Waals surface area contributed by atoms with Crippen LogP contribution in [0.2, 0.25) is 0 Å². The van der Waals surface area contributed by atoms with E-state index in [0.29, 0.717) is 5.75 Å². The lowest BCUT2D eigenvalue weighted by Gasteiger charge is -2.13. The van der Waals surface area contributed by atoms with Crippen molar-refractivity contribution in [1.82, 2.24) is 0 Å². The van der Waals surface area contributed by atoms with Gasteiger partial charge in [0.25, 0.3) is 0 Å². The average Bonchev–Trinajstić information content (AvgIpc) is 2.46. The van der Waals surface area contributed by atoms with Crippen molar-refractivity contribution < 1.29 is 4.79 Å². The van der Waals surface area contributed by atoms with E-state index in [-0.39, 0.29) is 5.91 Å². The smallest absolute Gasteiger partial charge is 0.234 e. The van der Waals surface area contributed by atoms with Gasteiger partial charge in [0.05, 0.1) is 5.75 Å². The molecule has 0 saturated carbocycles. The number of nitrogens with one attached hydrogen (secondary N) is 1. The summed E-state index contributed by atoms with van der Waals surface area (Å²) in [5.41, 5.74) is 5.67. The van der Waals surface area contributed by atoms with Crippen molar-refractivity contribution in [2.45, 2.75) is 25.7 Å². The number of nitrogens with zero attached hydrogens (tertiary/aromatic N) is 1. The summed E-state index contributed by atoms with van der Waals surface area (Å²) in [5.74, 6) is 0.437. The second kappa shape index (κ2) is 7.55. The molecule has 0 bridgehead atoms. The van der Waals surface area contributed by atoms with Gasteiger partial charge in [0.15, 0.2) is 0 Å². The van der Waals surface area contributed by atoms with E-state index < -0.39 is 0 Å². The molecule has 0 heterocycles. The molecule has 1 N–H and O–H groups in total. The Balaban J connectivity index is 1.95. The number of carbonyl (C=O) groups is 1. The van der Waals surface area contributed by atoms with Crippen LogP contribution >= 0.6 is 11.8 Å². The Bertz CT molecular complexity index is 670. The predicted molar refractivity (Wildman–Crippen MR) is 101 cm³/mol. The van der Waals surface area contributed by atoms with Crippen LogP contribution in [0.25, 0.3) is 0 Å². The zero-order valence-electron chi connectivity index (χ0n) is 14.4. The maximum atomic E-state index is 12.2. The number of benzene rings is 2. The molecule has 0 fully saturated rings. The normalized spacial score (nSPS) is 10.5. The monoisotopic (exact) mass is 328 g/mol. The van der Waals surface area contributed by atoms with Gasteiger partial charge in [-0.2, -0.15) is 0 Å². The Morgan fingerprint density at radius 3 is 2.13 bits per heavy atom. The van der Waals surface area contributed by atoms with Gasteiger partial charge in [0, 0.05) is 30.4 Å². The van der Waals surface area contributed by atoms with Crippen LogP contribution in [-0.2, 0) is 4.79 Å². The molecular weight excluding hydrogens is 304 g/mol. The van der Waals surface area contributed by atoms with E-state index in [1.807, 2.05) is 43.3 Å². The SMILES string of the molecule is Cc1cc(C)c(SCC(=O)Nc2ccc(N(C)C)cc2)c(C)c1. The van der Waals surface area contributed by atoms with Crippen molar-refractivity contribution in [3.63, 3.8) is 0 Å². The summed E-state index contributed by atoms with van der Waals surface area (Å²) in [5, 5.41) is 2.95. The molecule has 4 heteroatoms. The Kier molecular flexibility index (Phi) is 5.72. The molecule has 0 saturated heterocycles. The Hall–Kier alpha value is -1.94. The first-order valence-corrected chi connectivity index (χ1v) is 8.63. The van der Waals surface area contributed by atoms with Crippen molar-refractivity contribution in [2.24, 2.45) is 0 Å². The van der Waals surface area contributed by atoms with E-state index in [2.05, 4.69) is 38.2 Å². The molecule has 0 aliphatic rings. The molecule has 0 spiro atoms. The molecule has 1 amide bonds. The largest absolute Gasteiger partial charge is 0.378 e. The van der Waals surface area contributed by atoms with Gasteiger partial charge in [-0.1, -0.05) is 17.7 Å². The van der Waals surface area contributed by atoms with Crippen LogP contribution in [0.1, 0.15) is 16.7 Å². The van der Waals surface area contributed by atoms with E-state index in [0.717, 1.165) is 11.4 Å². The fourth-order valence-corrected chi connectivity index (χ4v) is 3.49. The Morgan fingerprint density at radius 1 is 1.04 bits per heavy atom. The fourth-order valence-electron chi connectivity index (χ4n) is 2.57. The maximum Gasteiger partial charge on any atom is 0.234 e. The van der Waals surface area contributed by atoms with E-state index >= 15 is 0 Å². The summed E-state index contributed by atoms with van der Waals surface area (Å²) in [6.07, 6.45) is 0. The summed E-state index contributed by atoms with van der Waals surface area (Å²) in [7, 11) is 3.99. The van der Waals surface area contributed by atoms with Gasteiger partial charge in [-0.25, -0.2) is 0 Å².